The molecule has 1 aliphatic heterocycles. The average Bonchev–Trinajstić information content (AvgIpc) is 2.57. The second-order valence-electron chi connectivity index (χ2n) is 5.98. The van der Waals surface area contributed by atoms with E-state index < -0.39 is 28.6 Å². The number of likely N-dealkylation sites (N-methyl/N-ethyl adjacent to an activating group) is 1. The molecule has 0 spiro atoms. The SMILES string of the molecule is CNn1cc(C(=O)O)c(=O)c2cc(F)c(N3CCN(C)CC3)c(F)c21.[H-].[Na+]. The number of hydrogen-bond donors (Lipinski definition) is 2. The molecular formula is C16H19F2N4NaO3. The largest absolute Gasteiger partial charge is 1.00 e. The third-order valence-corrected chi connectivity index (χ3v) is 4.45. The van der Waals surface area contributed by atoms with E-state index in [-0.39, 0.29) is 47.6 Å². The van der Waals surface area contributed by atoms with Gasteiger partial charge in [-0.25, -0.2) is 13.6 Å². The molecule has 0 amide bonds. The van der Waals surface area contributed by atoms with Crippen LogP contribution in [-0.4, -0.2) is 60.9 Å². The van der Waals surface area contributed by atoms with Gasteiger partial charge in [0, 0.05) is 39.4 Å². The van der Waals surface area contributed by atoms with Crippen molar-refractivity contribution in [1.82, 2.24) is 9.58 Å². The first-order chi connectivity index (χ1) is 11.8. The number of fused-ring (bicyclic) bond motifs is 1. The zero-order valence-electron chi connectivity index (χ0n) is 15.8. The van der Waals surface area contributed by atoms with Crippen molar-refractivity contribution >= 4 is 22.6 Å². The number of carboxylic acid groups (broad SMARTS) is 1. The summed E-state index contributed by atoms with van der Waals surface area (Å²) in [5.74, 6) is -3.22. The number of carbonyl (C=O) groups is 1. The number of pyridine rings is 1. The minimum absolute atomic E-state index is 0. The van der Waals surface area contributed by atoms with Gasteiger partial charge in [0.25, 0.3) is 0 Å². The molecule has 0 aliphatic carbocycles. The van der Waals surface area contributed by atoms with E-state index in [9.17, 15) is 14.0 Å². The molecule has 7 nitrogen and oxygen atoms in total. The van der Waals surface area contributed by atoms with Crippen LogP contribution in [0.25, 0.3) is 10.9 Å². The summed E-state index contributed by atoms with van der Waals surface area (Å²) < 4.78 is 30.8. The summed E-state index contributed by atoms with van der Waals surface area (Å²) in [7, 11) is 3.38. The first kappa shape index (κ1) is 20.6. The van der Waals surface area contributed by atoms with Crippen molar-refractivity contribution in [2.24, 2.45) is 0 Å². The van der Waals surface area contributed by atoms with Crippen LogP contribution in [0.5, 0.6) is 0 Å². The Morgan fingerprint density at radius 3 is 2.42 bits per heavy atom. The molecule has 0 atom stereocenters. The molecule has 2 N–H and O–H groups in total. The minimum atomic E-state index is -1.46. The van der Waals surface area contributed by atoms with E-state index >= 15 is 4.39 Å². The summed E-state index contributed by atoms with van der Waals surface area (Å²) in [4.78, 5) is 27.2. The first-order valence-corrected chi connectivity index (χ1v) is 7.77. The molecule has 10 heteroatoms. The van der Waals surface area contributed by atoms with Crippen molar-refractivity contribution in [3.8, 4) is 0 Å². The Kier molecular flexibility index (Phi) is 6.28. The Morgan fingerprint density at radius 2 is 1.88 bits per heavy atom. The van der Waals surface area contributed by atoms with E-state index in [1.54, 1.807) is 4.90 Å². The van der Waals surface area contributed by atoms with Gasteiger partial charge in [-0.3, -0.25) is 9.47 Å². The average molecular weight is 376 g/mol. The smallest absolute Gasteiger partial charge is 1.00 e. The van der Waals surface area contributed by atoms with Crippen LogP contribution < -0.4 is 45.3 Å². The molecule has 1 aromatic carbocycles. The molecule has 26 heavy (non-hydrogen) atoms. The van der Waals surface area contributed by atoms with E-state index in [1.165, 1.54) is 7.05 Å². The Hall–Kier alpha value is -1.68. The van der Waals surface area contributed by atoms with Crippen LogP contribution in [-0.2, 0) is 0 Å². The van der Waals surface area contributed by atoms with Crippen LogP contribution in [0.3, 0.4) is 0 Å². The van der Waals surface area contributed by atoms with Crippen molar-refractivity contribution < 1.29 is 49.7 Å². The van der Waals surface area contributed by atoms with Crippen LogP contribution in [0.15, 0.2) is 17.1 Å². The van der Waals surface area contributed by atoms with Gasteiger partial charge in [-0.05, 0) is 13.1 Å². The number of benzene rings is 1. The summed E-state index contributed by atoms with van der Waals surface area (Å²) in [6.07, 6.45) is 1.00. The number of piperazine rings is 1. The monoisotopic (exact) mass is 376 g/mol. The van der Waals surface area contributed by atoms with Gasteiger partial charge in [-0.1, -0.05) is 0 Å². The van der Waals surface area contributed by atoms with Crippen LogP contribution in [0.2, 0.25) is 0 Å². The number of rotatable bonds is 3. The molecule has 136 valence electrons. The fourth-order valence-corrected chi connectivity index (χ4v) is 3.05. The fourth-order valence-electron chi connectivity index (χ4n) is 3.05. The fraction of sp³-hybridized carbons (Fsp3) is 0.375. The summed E-state index contributed by atoms with van der Waals surface area (Å²) >= 11 is 0. The first-order valence-electron chi connectivity index (χ1n) is 7.77. The Labute approximate surface area is 171 Å². The number of carboxylic acids is 1. The molecule has 2 aromatic rings. The molecule has 0 bridgehead atoms. The van der Waals surface area contributed by atoms with Crippen molar-refractivity contribution in [3.63, 3.8) is 0 Å². The van der Waals surface area contributed by atoms with Gasteiger partial charge in [0.15, 0.2) is 5.82 Å². The van der Waals surface area contributed by atoms with Crippen molar-refractivity contribution in [2.45, 2.75) is 0 Å². The molecule has 1 aliphatic rings. The Balaban J connectivity index is 0.00000182. The van der Waals surface area contributed by atoms with E-state index in [0.29, 0.717) is 26.2 Å². The van der Waals surface area contributed by atoms with Gasteiger partial charge in [0.05, 0.1) is 5.39 Å². The summed E-state index contributed by atoms with van der Waals surface area (Å²) in [5.41, 5.74) is 0.758. The van der Waals surface area contributed by atoms with Crippen LogP contribution in [0.4, 0.5) is 14.5 Å². The second kappa shape index (κ2) is 7.91. The standard InChI is InChI=1S/C16H18F2N4O3.Na.H/c1-19-22-8-10(16(24)25)15(23)9-7-11(17)14(12(18)13(9)22)21-5-3-20(2)4-6-21;;/h7-8,19H,3-6H2,1-2H3,(H,24,25);;/q;+1;-1. The summed E-state index contributed by atoms with van der Waals surface area (Å²) in [5, 5.41) is 8.81. The van der Waals surface area contributed by atoms with E-state index in [2.05, 4.69) is 10.3 Å². The van der Waals surface area contributed by atoms with Gasteiger partial charge in [-0.2, -0.15) is 0 Å². The number of nitrogens with zero attached hydrogens (tertiary/aromatic N) is 3. The molecule has 3 rings (SSSR count). The maximum atomic E-state index is 15.1. The minimum Gasteiger partial charge on any atom is -1.00 e. The predicted molar refractivity (Wildman–Crippen MR) is 91.2 cm³/mol. The van der Waals surface area contributed by atoms with Crippen molar-refractivity contribution in [3.05, 3.63) is 39.7 Å². The Morgan fingerprint density at radius 1 is 1.27 bits per heavy atom. The van der Waals surface area contributed by atoms with E-state index in [4.69, 9.17) is 5.11 Å². The number of anilines is 1. The molecule has 0 unspecified atom stereocenters. The Bertz CT molecular complexity index is 917. The summed E-state index contributed by atoms with van der Waals surface area (Å²) in [6.45, 7) is 2.22. The van der Waals surface area contributed by atoms with Gasteiger partial charge in [-0.15, -0.1) is 0 Å². The van der Waals surface area contributed by atoms with E-state index in [1.807, 2.05) is 7.05 Å². The topological polar surface area (TPSA) is 77.8 Å². The number of aromatic nitrogens is 1. The van der Waals surface area contributed by atoms with E-state index in [0.717, 1.165) is 16.9 Å². The molecule has 1 saturated heterocycles. The third-order valence-electron chi connectivity index (χ3n) is 4.45. The molecule has 1 fully saturated rings. The third kappa shape index (κ3) is 3.44. The molecule has 0 saturated carbocycles. The van der Waals surface area contributed by atoms with Gasteiger partial charge in [0.2, 0.25) is 5.43 Å². The number of hydrogen-bond acceptors (Lipinski definition) is 5. The zero-order valence-corrected chi connectivity index (χ0v) is 16.8. The number of aromatic carboxylic acids is 1. The molecule has 1 aromatic heterocycles. The maximum absolute atomic E-state index is 15.1. The molecular weight excluding hydrogens is 357 g/mol. The van der Waals surface area contributed by atoms with Crippen LogP contribution in [0, 0.1) is 11.6 Å². The van der Waals surface area contributed by atoms with Gasteiger partial charge in [0.1, 0.15) is 22.6 Å². The van der Waals surface area contributed by atoms with Gasteiger partial charge < -0.3 is 21.8 Å². The number of nitrogens with one attached hydrogen (secondary N) is 1. The number of halogens is 2. The van der Waals surface area contributed by atoms with Crippen LogP contribution >= 0.6 is 0 Å². The predicted octanol–water partition coefficient (Wildman–Crippen LogP) is -1.98. The zero-order chi connectivity index (χ0) is 18.3. The maximum Gasteiger partial charge on any atom is 1.00 e. The van der Waals surface area contributed by atoms with Gasteiger partial charge >= 0.3 is 35.5 Å². The normalized spacial score (nSPS) is 15.0. The van der Waals surface area contributed by atoms with Crippen molar-refractivity contribution in [1.29, 1.82) is 0 Å². The van der Waals surface area contributed by atoms with Crippen LogP contribution in [0.1, 0.15) is 11.8 Å². The molecule has 0 radical (unpaired) electrons. The summed E-state index contributed by atoms with van der Waals surface area (Å²) in [6, 6.07) is 0.911. The molecule has 2 heterocycles. The quantitative estimate of drug-likeness (QED) is 0.605. The van der Waals surface area contributed by atoms with Crippen molar-refractivity contribution in [2.75, 3.05) is 50.6 Å². The second-order valence-corrected chi connectivity index (χ2v) is 5.98.